The molecule has 8 heteroatoms. The first-order valence-electron chi connectivity index (χ1n) is 11.5. The molecule has 2 aliphatic heterocycles. The molecule has 0 bridgehead atoms. The van der Waals surface area contributed by atoms with Crippen LogP contribution in [0, 0.1) is 11.8 Å². The fraction of sp³-hybridized carbons (Fsp3) is 0.696. The number of benzene rings is 1. The molecule has 2 aliphatic rings. The van der Waals surface area contributed by atoms with Crippen LogP contribution < -0.4 is 0 Å². The molecule has 0 aliphatic carbocycles. The van der Waals surface area contributed by atoms with E-state index in [9.17, 15) is 9.00 Å². The van der Waals surface area contributed by atoms with Gasteiger partial charge in [0.15, 0.2) is 0 Å². The Kier molecular flexibility index (Phi) is 9.84. The quantitative estimate of drug-likeness (QED) is 0.519. The molecule has 0 radical (unpaired) electrons. The lowest BCUT2D eigenvalue weighted by Crippen LogP contribution is -2.47. The summed E-state index contributed by atoms with van der Waals surface area (Å²) in [5.41, 5.74) is 0. The van der Waals surface area contributed by atoms with Crippen LogP contribution >= 0.6 is 11.9 Å². The number of nitrogens with zero attached hydrogens (tertiary/aromatic N) is 3. The normalized spacial score (nSPS) is 22.1. The maximum Gasteiger partial charge on any atom is 0.227 e. The fourth-order valence-electron chi connectivity index (χ4n) is 4.38. The van der Waals surface area contributed by atoms with E-state index in [0.29, 0.717) is 12.5 Å². The zero-order valence-corrected chi connectivity index (χ0v) is 20.8. The van der Waals surface area contributed by atoms with Gasteiger partial charge in [0.1, 0.15) is 11.0 Å². The van der Waals surface area contributed by atoms with E-state index in [1.807, 2.05) is 33.5 Å². The molecule has 0 aromatic heterocycles. The number of methoxy groups -OCH3 is 1. The Balaban J connectivity index is 1.55. The Morgan fingerprint density at radius 3 is 2.42 bits per heavy atom. The van der Waals surface area contributed by atoms with Gasteiger partial charge in [-0.1, -0.05) is 13.8 Å². The Morgan fingerprint density at radius 2 is 1.81 bits per heavy atom. The molecule has 1 amide bonds. The lowest BCUT2D eigenvalue weighted by Gasteiger charge is -2.37. The van der Waals surface area contributed by atoms with E-state index in [-0.39, 0.29) is 11.8 Å². The molecule has 174 valence electrons. The van der Waals surface area contributed by atoms with Crippen molar-refractivity contribution in [1.29, 1.82) is 0 Å². The summed E-state index contributed by atoms with van der Waals surface area (Å²) in [6, 6.07) is 8.03. The van der Waals surface area contributed by atoms with Gasteiger partial charge in [-0.05, 0) is 67.8 Å². The largest absolute Gasteiger partial charge is 0.384 e. The van der Waals surface area contributed by atoms with Crippen molar-refractivity contribution in [2.24, 2.45) is 11.8 Å². The number of carbonyl (C=O) groups is 1. The van der Waals surface area contributed by atoms with E-state index in [4.69, 9.17) is 4.74 Å². The number of piperidine rings is 2. The first kappa shape index (κ1) is 24.7. The van der Waals surface area contributed by atoms with Crippen LogP contribution in [-0.2, 0) is 20.5 Å². The van der Waals surface area contributed by atoms with Gasteiger partial charge in [0.05, 0.1) is 10.8 Å². The molecule has 0 saturated carbocycles. The Hall–Kier alpha value is -0.930. The third kappa shape index (κ3) is 6.78. The fourth-order valence-corrected chi connectivity index (χ4v) is 6.47. The number of ether oxygens (including phenoxy) is 1. The molecule has 2 heterocycles. The Morgan fingerprint density at radius 1 is 1.13 bits per heavy atom. The molecule has 2 atom stereocenters. The van der Waals surface area contributed by atoms with Crippen molar-refractivity contribution in [3.8, 4) is 0 Å². The number of rotatable bonds is 9. The van der Waals surface area contributed by atoms with E-state index >= 15 is 0 Å². The SMILES string of the molecule is CCN(CC)Sc1ccc(S(=O)N2CCCC(C(=O)N3CCC(COC)CC3)C2)cc1. The van der Waals surface area contributed by atoms with E-state index in [2.05, 4.69) is 18.2 Å². The van der Waals surface area contributed by atoms with Crippen LogP contribution in [0.1, 0.15) is 39.5 Å². The zero-order valence-electron chi connectivity index (χ0n) is 19.1. The van der Waals surface area contributed by atoms with E-state index in [0.717, 1.165) is 74.8 Å². The average molecular weight is 468 g/mol. The molecule has 31 heavy (non-hydrogen) atoms. The summed E-state index contributed by atoms with van der Waals surface area (Å²) in [7, 11) is 0.520. The van der Waals surface area contributed by atoms with Crippen LogP contribution in [-0.4, -0.2) is 76.6 Å². The Labute approximate surface area is 194 Å². The second-order valence-corrected chi connectivity index (χ2v) is 11.0. The molecule has 2 saturated heterocycles. The summed E-state index contributed by atoms with van der Waals surface area (Å²) in [5, 5.41) is 0. The lowest BCUT2D eigenvalue weighted by molar-refractivity contribution is -0.138. The molecule has 2 unspecified atom stereocenters. The van der Waals surface area contributed by atoms with Crippen LogP contribution in [0.4, 0.5) is 0 Å². The van der Waals surface area contributed by atoms with Crippen LogP contribution in [0.5, 0.6) is 0 Å². The lowest BCUT2D eigenvalue weighted by atomic mass is 9.94. The predicted octanol–water partition coefficient (Wildman–Crippen LogP) is 3.66. The molecule has 0 spiro atoms. The predicted molar refractivity (Wildman–Crippen MR) is 127 cm³/mol. The van der Waals surface area contributed by atoms with Gasteiger partial charge in [0.2, 0.25) is 5.91 Å². The highest BCUT2D eigenvalue weighted by Gasteiger charge is 2.33. The van der Waals surface area contributed by atoms with Crippen molar-refractivity contribution in [2.75, 3.05) is 53.0 Å². The minimum atomic E-state index is -1.22. The molecular weight excluding hydrogens is 430 g/mol. The van der Waals surface area contributed by atoms with Gasteiger partial charge in [-0.15, -0.1) is 0 Å². The third-order valence-corrected chi connectivity index (χ3v) is 9.00. The maximum atomic E-state index is 13.2. The molecule has 1 aromatic rings. The van der Waals surface area contributed by atoms with Crippen molar-refractivity contribution >= 4 is 28.8 Å². The summed E-state index contributed by atoms with van der Waals surface area (Å²) in [6.07, 6.45) is 3.84. The van der Waals surface area contributed by atoms with Crippen LogP contribution in [0.3, 0.4) is 0 Å². The van der Waals surface area contributed by atoms with Gasteiger partial charge in [-0.3, -0.25) is 4.79 Å². The second-order valence-electron chi connectivity index (χ2n) is 8.38. The highest BCUT2D eigenvalue weighted by Crippen LogP contribution is 2.27. The minimum absolute atomic E-state index is 0.0471. The van der Waals surface area contributed by atoms with Gasteiger partial charge in [0, 0.05) is 57.9 Å². The first-order chi connectivity index (χ1) is 15.0. The number of hydrogen-bond donors (Lipinski definition) is 0. The number of hydrogen-bond acceptors (Lipinski definition) is 5. The van der Waals surface area contributed by atoms with Crippen LogP contribution in [0.2, 0.25) is 0 Å². The van der Waals surface area contributed by atoms with Gasteiger partial charge >= 0.3 is 0 Å². The van der Waals surface area contributed by atoms with Gasteiger partial charge in [-0.2, -0.15) is 0 Å². The summed E-state index contributed by atoms with van der Waals surface area (Å²) in [4.78, 5) is 17.1. The summed E-state index contributed by atoms with van der Waals surface area (Å²) < 4.78 is 22.7. The molecular formula is C23H37N3O3S2. The Bertz CT molecular complexity index is 719. The summed E-state index contributed by atoms with van der Waals surface area (Å²) in [5.74, 6) is 0.755. The minimum Gasteiger partial charge on any atom is -0.384 e. The first-order valence-corrected chi connectivity index (χ1v) is 13.4. The average Bonchev–Trinajstić information content (AvgIpc) is 2.83. The smallest absolute Gasteiger partial charge is 0.227 e. The highest BCUT2D eigenvalue weighted by atomic mass is 32.2. The molecule has 0 N–H and O–H groups in total. The van der Waals surface area contributed by atoms with Crippen molar-refractivity contribution in [1.82, 2.24) is 13.5 Å². The zero-order chi connectivity index (χ0) is 22.2. The van der Waals surface area contributed by atoms with E-state index < -0.39 is 11.0 Å². The topological polar surface area (TPSA) is 53.1 Å². The van der Waals surface area contributed by atoms with Crippen molar-refractivity contribution in [3.05, 3.63) is 24.3 Å². The molecule has 3 rings (SSSR count). The van der Waals surface area contributed by atoms with Crippen molar-refractivity contribution < 1.29 is 13.7 Å². The molecule has 6 nitrogen and oxygen atoms in total. The number of amides is 1. The van der Waals surface area contributed by atoms with Gasteiger partial charge in [-0.25, -0.2) is 12.8 Å². The number of carbonyl (C=O) groups excluding carboxylic acids is 1. The van der Waals surface area contributed by atoms with Crippen molar-refractivity contribution in [3.63, 3.8) is 0 Å². The third-order valence-electron chi connectivity index (χ3n) is 6.26. The monoisotopic (exact) mass is 467 g/mol. The number of likely N-dealkylation sites (tertiary alicyclic amines) is 1. The molecule has 2 fully saturated rings. The second kappa shape index (κ2) is 12.3. The van der Waals surface area contributed by atoms with Crippen LogP contribution in [0.15, 0.2) is 34.1 Å². The maximum absolute atomic E-state index is 13.2. The molecule has 1 aromatic carbocycles. The standard InChI is InChI=1S/C23H37N3O3S2/c1-4-25(5-2)30-21-8-10-22(11-9-21)31(28)26-14-6-7-20(17-26)23(27)24-15-12-19(13-16-24)18-29-3/h8-11,19-20H,4-7,12-18H2,1-3H3. The van der Waals surface area contributed by atoms with Gasteiger partial charge in [0.25, 0.3) is 0 Å². The highest BCUT2D eigenvalue weighted by molar-refractivity contribution is 7.97. The van der Waals surface area contributed by atoms with Crippen LogP contribution in [0.25, 0.3) is 0 Å². The van der Waals surface area contributed by atoms with E-state index in [1.54, 1.807) is 19.1 Å². The van der Waals surface area contributed by atoms with Crippen molar-refractivity contribution in [2.45, 2.75) is 49.3 Å². The summed E-state index contributed by atoms with van der Waals surface area (Å²) in [6.45, 7) is 10.1. The van der Waals surface area contributed by atoms with E-state index in [1.165, 1.54) is 0 Å². The summed E-state index contributed by atoms with van der Waals surface area (Å²) >= 11 is 1.73. The van der Waals surface area contributed by atoms with Gasteiger partial charge < -0.3 is 9.64 Å².